The molecule has 2 rings (SSSR count). The fourth-order valence-corrected chi connectivity index (χ4v) is 5.44. The zero-order valence-corrected chi connectivity index (χ0v) is 26.6. The molecule has 0 saturated heterocycles. The van der Waals surface area contributed by atoms with E-state index in [-0.39, 0.29) is 29.5 Å². The Labute approximate surface area is 248 Å². The Morgan fingerprint density at radius 2 is 1.71 bits per heavy atom. The van der Waals surface area contributed by atoms with E-state index in [1.165, 1.54) is 6.42 Å². The van der Waals surface area contributed by atoms with Crippen LogP contribution >= 0.6 is 0 Å². The van der Waals surface area contributed by atoms with Gasteiger partial charge in [-0.05, 0) is 82.6 Å². The summed E-state index contributed by atoms with van der Waals surface area (Å²) in [6.45, 7) is 13.7. The average molecular weight is 574 g/mol. The minimum absolute atomic E-state index is 0.0739. The fraction of sp³-hybridized carbons (Fsp3) is 0.727. The number of carbonyl (C=O) groups is 3. The molecule has 0 bridgehead atoms. The number of aryl methyl sites for hydroxylation is 1. The molecule has 1 aliphatic carbocycles. The predicted molar refractivity (Wildman–Crippen MR) is 164 cm³/mol. The second-order valence-electron chi connectivity index (χ2n) is 13.1. The van der Waals surface area contributed by atoms with E-state index in [0.29, 0.717) is 24.1 Å². The molecule has 0 heterocycles. The Balaban J connectivity index is 2.49. The summed E-state index contributed by atoms with van der Waals surface area (Å²) in [4.78, 5) is 42.9. The molecule has 232 valence electrons. The standard InChI is InChI=1S/C33H55N3O5/c1-8-9-10-11-15-20-36(31(39)27(21-23(2)3)35-32(40)41-33(5,6)7)29(25-18-19-28(37)24(4)22-25)30(38)34-26-16-13-12-14-17-26/h18-19,22-23,26-27,29,37H,8-17,20-21H2,1-7H3,(H,34,38)(H,35,40). The van der Waals surface area contributed by atoms with Gasteiger partial charge in [-0.3, -0.25) is 9.59 Å². The number of amides is 3. The lowest BCUT2D eigenvalue weighted by molar-refractivity contribution is -0.143. The summed E-state index contributed by atoms with van der Waals surface area (Å²) in [5, 5.41) is 16.3. The molecule has 1 saturated carbocycles. The molecule has 1 aromatic carbocycles. The highest BCUT2D eigenvalue weighted by atomic mass is 16.6. The van der Waals surface area contributed by atoms with Crippen LogP contribution in [-0.2, 0) is 14.3 Å². The zero-order chi connectivity index (χ0) is 30.6. The van der Waals surface area contributed by atoms with Gasteiger partial charge in [0, 0.05) is 12.6 Å². The summed E-state index contributed by atoms with van der Waals surface area (Å²) >= 11 is 0. The van der Waals surface area contributed by atoms with Crippen molar-refractivity contribution in [2.45, 2.75) is 143 Å². The van der Waals surface area contributed by atoms with Crippen LogP contribution in [0.15, 0.2) is 18.2 Å². The van der Waals surface area contributed by atoms with Gasteiger partial charge in [-0.15, -0.1) is 0 Å². The van der Waals surface area contributed by atoms with Gasteiger partial charge in [0.15, 0.2) is 0 Å². The van der Waals surface area contributed by atoms with Crippen molar-refractivity contribution in [2.24, 2.45) is 5.92 Å². The summed E-state index contributed by atoms with van der Waals surface area (Å²) in [6.07, 6.45) is 9.90. The van der Waals surface area contributed by atoms with Crippen molar-refractivity contribution in [3.8, 4) is 5.75 Å². The number of phenols is 1. The number of carbonyl (C=O) groups excluding carboxylic acids is 3. The number of hydrogen-bond acceptors (Lipinski definition) is 5. The number of phenolic OH excluding ortho intramolecular Hbond substituents is 1. The Morgan fingerprint density at radius 1 is 1.05 bits per heavy atom. The van der Waals surface area contributed by atoms with Gasteiger partial charge >= 0.3 is 6.09 Å². The minimum Gasteiger partial charge on any atom is -0.508 e. The number of unbranched alkanes of at least 4 members (excludes halogenated alkanes) is 4. The van der Waals surface area contributed by atoms with Crippen LogP contribution in [0, 0.1) is 12.8 Å². The van der Waals surface area contributed by atoms with Gasteiger partial charge < -0.3 is 25.4 Å². The lowest BCUT2D eigenvalue weighted by Crippen LogP contribution is -2.54. The molecule has 1 aliphatic rings. The maximum Gasteiger partial charge on any atom is 0.408 e. The van der Waals surface area contributed by atoms with Crippen molar-refractivity contribution >= 4 is 17.9 Å². The van der Waals surface area contributed by atoms with E-state index in [1.54, 1.807) is 50.8 Å². The van der Waals surface area contributed by atoms with Gasteiger partial charge in [-0.2, -0.15) is 0 Å². The maximum absolute atomic E-state index is 14.4. The predicted octanol–water partition coefficient (Wildman–Crippen LogP) is 6.93. The number of alkyl carbamates (subject to hydrolysis) is 1. The first-order valence-electron chi connectivity index (χ1n) is 15.7. The van der Waals surface area contributed by atoms with E-state index in [9.17, 15) is 19.5 Å². The molecule has 0 spiro atoms. The van der Waals surface area contributed by atoms with E-state index in [1.807, 2.05) is 13.8 Å². The van der Waals surface area contributed by atoms with Crippen molar-refractivity contribution < 1.29 is 24.2 Å². The third kappa shape index (κ3) is 11.9. The summed E-state index contributed by atoms with van der Waals surface area (Å²) in [5.41, 5.74) is 0.579. The Kier molecular flexibility index (Phi) is 14.0. The number of nitrogens with one attached hydrogen (secondary N) is 2. The van der Waals surface area contributed by atoms with Gasteiger partial charge in [0.1, 0.15) is 23.4 Å². The lowest BCUT2D eigenvalue weighted by atomic mass is 9.94. The van der Waals surface area contributed by atoms with Crippen LogP contribution in [0.1, 0.15) is 129 Å². The first-order chi connectivity index (χ1) is 19.3. The zero-order valence-electron chi connectivity index (χ0n) is 26.6. The summed E-state index contributed by atoms with van der Waals surface area (Å²) < 4.78 is 5.50. The van der Waals surface area contributed by atoms with Crippen LogP contribution in [-0.4, -0.2) is 52.1 Å². The van der Waals surface area contributed by atoms with E-state index in [0.717, 1.165) is 57.8 Å². The fourth-order valence-electron chi connectivity index (χ4n) is 5.44. The molecule has 0 aliphatic heterocycles. The van der Waals surface area contributed by atoms with Gasteiger partial charge in [-0.25, -0.2) is 4.79 Å². The molecule has 8 nitrogen and oxygen atoms in total. The van der Waals surface area contributed by atoms with E-state index in [4.69, 9.17) is 4.74 Å². The molecular weight excluding hydrogens is 518 g/mol. The van der Waals surface area contributed by atoms with Gasteiger partial charge in [0.25, 0.3) is 0 Å². The maximum atomic E-state index is 14.4. The molecule has 3 N–H and O–H groups in total. The molecule has 8 heteroatoms. The molecule has 2 atom stereocenters. The number of nitrogens with zero attached hydrogens (tertiary/aromatic N) is 1. The van der Waals surface area contributed by atoms with Crippen LogP contribution in [0.25, 0.3) is 0 Å². The van der Waals surface area contributed by atoms with Crippen LogP contribution in [0.5, 0.6) is 5.75 Å². The highest BCUT2D eigenvalue weighted by Gasteiger charge is 2.37. The van der Waals surface area contributed by atoms with E-state index in [2.05, 4.69) is 17.6 Å². The normalized spacial score (nSPS) is 15.7. The Morgan fingerprint density at radius 3 is 2.29 bits per heavy atom. The van der Waals surface area contributed by atoms with Crippen LogP contribution < -0.4 is 10.6 Å². The minimum atomic E-state index is -0.884. The number of aromatic hydroxyl groups is 1. The summed E-state index contributed by atoms with van der Waals surface area (Å²) in [5.74, 6) is -0.253. The summed E-state index contributed by atoms with van der Waals surface area (Å²) in [6, 6.07) is 3.44. The second kappa shape index (κ2) is 16.6. The smallest absolute Gasteiger partial charge is 0.408 e. The number of ether oxygens (including phenoxy) is 1. The van der Waals surface area contributed by atoms with Crippen molar-refractivity contribution in [1.29, 1.82) is 0 Å². The number of benzene rings is 1. The first kappa shape index (κ1) is 34.4. The molecule has 41 heavy (non-hydrogen) atoms. The van der Waals surface area contributed by atoms with E-state index >= 15 is 0 Å². The molecule has 0 radical (unpaired) electrons. The number of hydrogen-bond donors (Lipinski definition) is 3. The highest BCUT2D eigenvalue weighted by molar-refractivity contribution is 5.92. The van der Waals surface area contributed by atoms with Crippen LogP contribution in [0.3, 0.4) is 0 Å². The third-order valence-electron chi connectivity index (χ3n) is 7.53. The molecule has 2 unspecified atom stereocenters. The van der Waals surface area contributed by atoms with Crippen LogP contribution in [0.2, 0.25) is 0 Å². The average Bonchev–Trinajstić information content (AvgIpc) is 2.88. The van der Waals surface area contributed by atoms with Crippen LogP contribution in [0.4, 0.5) is 4.79 Å². The van der Waals surface area contributed by atoms with Crippen molar-refractivity contribution in [1.82, 2.24) is 15.5 Å². The quantitative estimate of drug-likeness (QED) is 0.209. The largest absolute Gasteiger partial charge is 0.508 e. The number of rotatable bonds is 14. The second-order valence-corrected chi connectivity index (χ2v) is 13.1. The highest BCUT2D eigenvalue weighted by Crippen LogP contribution is 2.29. The molecule has 3 amide bonds. The monoisotopic (exact) mass is 573 g/mol. The third-order valence-corrected chi connectivity index (χ3v) is 7.53. The van der Waals surface area contributed by atoms with Crippen molar-refractivity contribution in [2.75, 3.05) is 6.54 Å². The SMILES string of the molecule is CCCCCCCN(C(=O)C(CC(C)C)NC(=O)OC(C)(C)C)C(C(=O)NC1CCCCC1)c1ccc(O)c(C)c1. The van der Waals surface area contributed by atoms with Gasteiger partial charge in [0.05, 0.1) is 0 Å². The molecule has 1 fully saturated rings. The Hall–Kier alpha value is -2.77. The summed E-state index contributed by atoms with van der Waals surface area (Å²) in [7, 11) is 0. The van der Waals surface area contributed by atoms with E-state index < -0.39 is 23.8 Å². The van der Waals surface area contributed by atoms with Gasteiger partial charge in [-0.1, -0.05) is 71.8 Å². The molecule has 0 aromatic heterocycles. The topological polar surface area (TPSA) is 108 Å². The molecule has 1 aromatic rings. The first-order valence-corrected chi connectivity index (χ1v) is 15.7. The Bertz CT molecular complexity index is 982. The van der Waals surface area contributed by atoms with Crippen molar-refractivity contribution in [3.05, 3.63) is 29.3 Å². The van der Waals surface area contributed by atoms with Crippen molar-refractivity contribution in [3.63, 3.8) is 0 Å². The lowest BCUT2D eigenvalue weighted by Gasteiger charge is -2.36. The van der Waals surface area contributed by atoms with Gasteiger partial charge in [0.2, 0.25) is 11.8 Å². The molecular formula is C33H55N3O5.